The lowest BCUT2D eigenvalue weighted by atomic mass is 9.73. The highest BCUT2D eigenvalue weighted by molar-refractivity contribution is 5.41. The van der Waals surface area contributed by atoms with E-state index in [2.05, 4.69) is 11.8 Å². The summed E-state index contributed by atoms with van der Waals surface area (Å²) in [5.74, 6) is 5.73. The Labute approximate surface area is 137 Å². The normalized spacial score (nSPS) is 12.3. The molecule has 120 valence electrons. The first kappa shape index (κ1) is 17.2. The van der Waals surface area contributed by atoms with Crippen molar-refractivity contribution >= 4 is 0 Å². The molecule has 0 bridgehead atoms. The third-order valence-corrected chi connectivity index (χ3v) is 3.98. The van der Waals surface area contributed by atoms with Crippen molar-refractivity contribution in [2.75, 3.05) is 13.2 Å². The molecule has 0 amide bonds. The van der Waals surface area contributed by atoms with Gasteiger partial charge in [-0.05, 0) is 11.1 Å². The number of hydrogen-bond donors (Lipinski definition) is 3. The molecule has 0 saturated carbocycles. The summed E-state index contributed by atoms with van der Waals surface area (Å²) in [6.07, 6.45) is -0.224. The Kier molecular flexibility index (Phi) is 6.37. The Balaban J connectivity index is 2.39. The Morgan fingerprint density at radius 1 is 0.870 bits per heavy atom. The van der Waals surface area contributed by atoms with Gasteiger partial charge in [0.2, 0.25) is 0 Å². The monoisotopic (exact) mass is 310 g/mol. The summed E-state index contributed by atoms with van der Waals surface area (Å²) < 4.78 is 0. The van der Waals surface area contributed by atoms with Crippen LogP contribution in [-0.2, 0) is 5.41 Å². The van der Waals surface area contributed by atoms with Gasteiger partial charge in [-0.25, -0.2) is 0 Å². The third kappa shape index (κ3) is 4.20. The van der Waals surface area contributed by atoms with Crippen molar-refractivity contribution in [2.24, 2.45) is 0 Å². The zero-order chi connectivity index (χ0) is 16.5. The summed E-state index contributed by atoms with van der Waals surface area (Å²) in [5.41, 5.74) is 1.34. The van der Waals surface area contributed by atoms with Crippen molar-refractivity contribution in [1.29, 1.82) is 0 Å². The predicted octanol–water partition coefficient (Wildman–Crippen LogP) is 2.10. The van der Waals surface area contributed by atoms with Gasteiger partial charge in [0.25, 0.3) is 0 Å². The first-order valence-corrected chi connectivity index (χ1v) is 7.72. The second-order valence-electron chi connectivity index (χ2n) is 5.50. The van der Waals surface area contributed by atoms with Crippen LogP contribution in [0.4, 0.5) is 0 Å². The maximum absolute atomic E-state index is 10.2. The SMILES string of the molecule is OCCC(O)C#CCC(CO)(c1ccccc1)c1ccccc1. The van der Waals surface area contributed by atoms with Crippen molar-refractivity contribution in [3.63, 3.8) is 0 Å². The average molecular weight is 310 g/mol. The number of benzene rings is 2. The fraction of sp³-hybridized carbons (Fsp3) is 0.300. The second-order valence-corrected chi connectivity index (χ2v) is 5.50. The summed E-state index contributed by atoms with van der Waals surface area (Å²) in [6, 6.07) is 19.6. The maximum atomic E-state index is 10.2. The summed E-state index contributed by atoms with van der Waals surface area (Å²) in [5, 5.41) is 28.7. The highest BCUT2D eigenvalue weighted by Gasteiger charge is 2.32. The van der Waals surface area contributed by atoms with E-state index in [4.69, 9.17) is 5.11 Å². The van der Waals surface area contributed by atoms with E-state index in [1.807, 2.05) is 60.7 Å². The van der Waals surface area contributed by atoms with E-state index in [-0.39, 0.29) is 19.6 Å². The van der Waals surface area contributed by atoms with Crippen molar-refractivity contribution in [1.82, 2.24) is 0 Å². The number of rotatable bonds is 6. The van der Waals surface area contributed by atoms with E-state index in [0.717, 1.165) is 11.1 Å². The summed E-state index contributed by atoms with van der Waals surface area (Å²) in [4.78, 5) is 0. The molecule has 0 radical (unpaired) electrons. The van der Waals surface area contributed by atoms with E-state index in [1.165, 1.54) is 0 Å². The average Bonchev–Trinajstić information content (AvgIpc) is 2.61. The standard InChI is InChI=1S/C20H22O3/c21-15-13-19(23)12-7-14-20(16-22,17-8-3-1-4-9-17)18-10-5-2-6-11-18/h1-6,8-11,19,21-23H,13-16H2. The van der Waals surface area contributed by atoms with Gasteiger partial charge in [-0.2, -0.15) is 0 Å². The van der Waals surface area contributed by atoms with Crippen LogP contribution in [0.3, 0.4) is 0 Å². The van der Waals surface area contributed by atoms with Crippen LogP contribution in [0, 0.1) is 11.8 Å². The molecule has 0 aliphatic carbocycles. The molecule has 0 spiro atoms. The van der Waals surface area contributed by atoms with Gasteiger partial charge in [-0.15, -0.1) is 0 Å². The zero-order valence-electron chi connectivity index (χ0n) is 13.0. The van der Waals surface area contributed by atoms with E-state index in [1.54, 1.807) is 0 Å². The van der Waals surface area contributed by atoms with Crippen molar-refractivity contribution in [3.05, 3.63) is 71.8 Å². The van der Waals surface area contributed by atoms with Crippen LogP contribution >= 0.6 is 0 Å². The van der Waals surface area contributed by atoms with E-state index in [0.29, 0.717) is 6.42 Å². The lowest BCUT2D eigenvalue weighted by Gasteiger charge is -2.31. The minimum Gasteiger partial charge on any atom is -0.396 e. The molecule has 0 aliphatic heterocycles. The van der Waals surface area contributed by atoms with Crippen molar-refractivity contribution < 1.29 is 15.3 Å². The van der Waals surface area contributed by atoms with Gasteiger partial charge >= 0.3 is 0 Å². The number of aliphatic hydroxyl groups is 3. The largest absolute Gasteiger partial charge is 0.396 e. The predicted molar refractivity (Wildman–Crippen MR) is 90.9 cm³/mol. The molecule has 3 N–H and O–H groups in total. The van der Waals surface area contributed by atoms with Crippen LogP contribution in [0.1, 0.15) is 24.0 Å². The molecule has 1 unspecified atom stereocenters. The van der Waals surface area contributed by atoms with Gasteiger partial charge in [-0.1, -0.05) is 72.5 Å². The van der Waals surface area contributed by atoms with Crippen LogP contribution in [-0.4, -0.2) is 34.6 Å². The summed E-state index contributed by atoms with van der Waals surface area (Å²) in [7, 11) is 0. The topological polar surface area (TPSA) is 60.7 Å². The van der Waals surface area contributed by atoms with Crippen LogP contribution in [0.15, 0.2) is 60.7 Å². The van der Waals surface area contributed by atoms with Crippen LogP contribution in [0.25, 0.3) is 0 Å². The van der Waals surface area contributed by atoms with Gasteiger partial charge in [0, 0.05) is 19.4 Å². The lowest BCUT2D eigenvalue weighted by molar-refractivity contribution is 0.176. The van der Waals surface area contributed by atoms with Gasteiger partial charge < -0.3 is 15.3 Å². The lowest BCUT2D eigenvalue weighted by Crippen LogP contribution is -2.31. The number of hydrogen-bond acceptors (Lipinski definition) is 3. The zero-order valence-corrected chi connectivity index (χ0v) is 13.0. The van der Waals surface area contributed by atoms with Crippen LogP contribution in [0.5, 0.6) is 0 Å². The molecule has 0 saturated heterocycles. The fourth-order valence-electron chi connectivity index (χ4n) is 2.64. The Morgan fingerprint density at radius 3 is 1.83 bits per heavy atom. The smallest absolute Gasteiger partial charge is 0.116 e. The van der Waals surface area contributed by atoms with E-state index >= 15 is 0 Å². The maximum Gasteiger partial charge on any atom is 0.116 e. The third-order valence-electron chi connectivity index (χ3n) is 3.98. The van der Waals surface area contributed by atoms with Gasteiger partial charge in [-0.3, -0.25) is 0 Å². The molecule has 0 aromatic heterocycles. The molecule has 3 heteroatoms. The molecule has 2 aromatic carbocycles. The Morgan fingerprint density at radius 2 is 1.39 bits per heavy atom. The molecule has 0 fully saturated rings. The Hall–Kier alpha value is -2.12. The molecule has 3 nitrogen and oxygen atoms in total. The van der Waals surface area contributed by atoms with E-state index < -0.39 is 11.5 Å². The fourth-order valence-corrected chi connectivity index (χ4v) is 2.64. The Bertz CT molecular complexity index is 601. The minimum absolute atomic E-state index is 0.0776. The first-order valence-electron chi connectivity index (χ1n) is 7.72. The van der Waals surface area contributed by atoms with Crippen molar-refractivity contribution in [3.8, 4) is 11.8 Å². The number of aliphatic hydroxyl groups excluding tert-OH is 3. The molecule has 2 aromatic rings. The summed E-state index contributed by atoms with van der Waals surface area (Å²) in [6.45, 7) is -0.176. The highest BCUT2D eigenvalue weighted by Crippen LogP contribution is 2.35. The van der Waals surface area contributed by atoms with Gasteiger partial charge in [0.1, 0.15) is 6.10 Å². The summed E-state index contributed by atoms with van der Waals surface area (Å²) >= 11 is 0. The molecule has 23 heavy (non-hydrogen) atoms. The molecular weight excluding hydrogens is 288 g/mol. The van der Waals surface area contributed by atoms with Crippen LogP contribution in [0.2, 0.25) is 0 Å². The molecule has 1 atom stereocenters. The molecule has 0 aliphatic rings. The second kappa shape index (κ2) is 8.50. The van der Waals surface area contributed by atoms with Gasteiger partial charge in [0.15, 0.2) is 0 Å². The van der Waals surface area contributed by atoms with Gasteiger partial charge in [0.05, 0.1) is 12.0 Å². The molecule has 0 heterocycles. The first-order chi connectivity index (χ1) is 11.2. The van der Waals surface area contributed by atoms with E-state index in [9.17, 15) is 10.2 Å². The minimum atomic E-state index is -0.845. The molecule has 2 rings (SSSR count). The highest BCUT2D eigenvalue weighted by atomic mass is 16.3. The van der Waals surface area contributed by atoms with Crippen LogP contribution < -0.4 is 0 Å². The quantitative estimate of drug-likeness (QED) is 0.716. The molecular formula is C20H22O3. The van der Waals surface area contributed by atoms with Crippen molar-refractivity contribution in [2.45, 2.75) is 24.4 Å².